The molecule has 0 aromatic heterocycles. The number of hydrogen-bond donors (Lipinski definition) is 2. The quantitative estimate of drug-likeness (QED) is 0.808. The summed E-state index contributed by atoms with van der Waals surface area (Å²) in [5.41, 5.74) is 2.09. The van der Waals surface area contributed by atoms with Gasteiger partial charge in [-0.25, -0.2) is 13.6 Å². The van der Waals surface area contributed by atoms with Gasteiger partial charge in [0.15, 0.2) is 0 Å². The van der Waals surface area contributed by atoms with Crippen molar-refractivity contribution in [1.29, 1.82) is 0 Å². The molecule has 6 heteroatoms. The zero-order chi connectivity index (χ0) is 13.8. The maximum absolute atomic E-state index is 11.4. The molecule has 1 aromatic carbocycles. The second-order valence-electron chi connectivity index (χ2n) is 4.22. The molecule has 1 rings (SSSR count). The van der Waals surface area contributed by atoms with E-state index in [4.69, 9.17) is 5.14 Å². The molecule has 5 nitrogen and oxygen atoms in total. The number of nitrogens with two attached hydrogens (primary N) is 1. The van der Waals surface area contributed by atoms with Crippen LogP contribution in [0.2, 0.25) is 0 Å². The van der Waals surface area contributed by atoms with Gasteiger partial charge in [-0.15, -0.1) is 0 Å². The van der Waals surface area contributed by atoms with Gasteiger partial charge in [0.1, 0.15) is 0 Å². The molecular weight excluding hydrogens is 252 g/mol. The van der Waals surface area contributed by atoms with E-state index in [1.54, 1.807) is 24.3 Å². The number of allylic oxidation sites excluding steroid dienone is 1. The van der Waals surface area contributed by atoms with E-state index in [1.807, 2.05) is 13.8 Å². The minimum absolute atomic E-state index is 0.213. The van der Waals surface area contributed by atoms with E-state index >= 15 is 0 Å². The van der Waals surface area contributed by atoms with Crippen LogP contribution in [0.25, 0.3) is 0 Å². The van der Waals surface area contributed by atoms with Gasteiger partial charge in [0.05, 0.1) is 5.75 Å². The topological polar surface area (TPSA) is 89.3 Å². The third kappa shape index (κ3) is 5.60. The van der Waals surface area contributed by atoms with Gasteiger partial charge >= 0.3 is 0 Å². The van der Waals surface area contributed by atoms with Crippen molar-refractivity contribution in [1.82, 2.24) is 0 Å². The summed E-state index contributed by atoms with van der Waals surface area (Å²) in [6, 6.07) is 6.50. The highest BCUT2D eigenvalue weighted by molar-refractivity contribution is 7.88. The third-order valence-electron chi connectivity index (χ3n) is 2.01. The van der Waals surface area contributed by atoms with Crippen LogP contribution in [-0.4, -0.2) is 14.3 Å². The Morgan fingerprint density at radius 3 is 2.28 bits per heavy atom. The van der Waals surface area contributed by atoms with E-state index in [0.717, 1.165) is 5.57 Å². The van der Waals surface area contributed by atoms with Crippen LogP contribution in [0, 0.1) is 0 Å². The molecule has 0 aliphatic carbocycles. The van der Waals surface area contributed by atoms with Gasteiger partial charge in [0.2, 0.25) is 15.9 Å². The van der Waals surface area contributed by atoms with Gasteiger partial charge in [-0.05, 0) is 31.5 Å². The first-order valence-electron chi connectivity index (χ1n) is 5.31. The van der Waals surface area contributed by atoms with E-state index in [2.05, 4.69) is 5.32 Å². The Bertz CT molecular complexity index is 555. The van der Waals surface area contributed by atoms with Crippen molar-refractivity contribution in [2.75, 3.05) is 5.32 Å². The zero-order valence-corrected chi connectivity index (χ0v) is 11.1. The van der Waals surface area contributed by atoms with Crippen LogP contribution in [0.1, 0.15) is 19.4 Å². The van der Waals surface area contributed by atoms with Crippen molar-refractivity contribution < 1.29 is 13.2 Å². The molecule has 0 saturated heterocycles. The number of nitrogens with one attached hydrogen (secondary N) is 1. The van der Waals surface area contributed by atoms with Crippen LogP contribution in [0.4, 0.5) is 5.69 Å². The maximum atomic E-state index is 11.4. The zero-order valence-electron chi connectivity index (χ0n) is 10.3. The number of benzene rings is 1. The Hall–Kier alpha value is -1.66. The van der Waals surface area contributed by atoms with Crippen molar-refractivity contribution in [3.8, 4) is 0 Å². The van der Waals surface area contributed by atoms with Crippen molar-refractivity contribution in [3.05, 3.63) is 41.5 Å². The van der Waals surface area contributed by atoms with E-state index in [0.29, 0.717) is 11.3 Å². The summed E-state index contributed by atoms with van der Waals surface area (Å²) >= 11 is 0. The largest absolute Gasteiger partial charge is 0.323 e. The highest BCUT2D eigenvalue weighted by atomic mass is 32.2. The molecular formula is C12H16N2O3S. The summed E-state index contributed by atoms with van der Waals surface area (Å²) in [6.07, 6.45) is 1.48. The Balaban J connectivity index is 2.72. The lowest BCUT2D eigenvalue weighted by Gasteiger charge is -2.04. The Labute approximate surface area is 107 Å². The van der Waals surface area contributed by atoms with Crippen LogP contribution in [-0.2, 0) is 20.6 Å². The van der Waals surface area contributed by atoms with Crippen molar-refractivity contribution in [2.24, 2.45) is 5.14 Å². The predicted molar refractivity (Wildman–Crippen MR) is 71.3 cm³/mol. The number of primary sulfonamides is 1. The van der Waals surface area contributed by atoms with Crippen LogP contribution >= 0.6 is 0 Å². The fraction of sp³-hybridized carbons (Fsp3) is 0.250. The minimum atomic E-state index is -3.53. The molecule has 0 spiro atoms. The molecule has 0 bridgehead atoms. The van der Waals surface area contributed by atoms with Gasteiger partial charge in [-0.1, -0.05) is 17.7 Å². The molecule has 0 atom stereocenters. The van der Waals surface area contributed by atoms with Crippen molar-refractivity contribution >= 4 is 21.6 Å². The number of hydrogen-bond acceptors (Lipinski definition) is 3. The average Bonchev–Trinajstić information content (AvgIpc) is 2.17. The first-order valence-corrected chi connectivity index (χ1v) is 7.03. The van der Waals surface area contributed by atoms with E-state index in [-0.39, 0.29) is 11.7 Å². The average molecular weight is 268 g/mol. The van der Waals surface area contributed by atoms with Crippen molar-refractivity contribution in [3.63, 3.8) is 0 Å². The smallest absolute Gasteiger partial charge is 0.248 e. The summed E-state index contributed by atoms with van der Waals surface area (Å²) in [6.45, 7) is 3.66. The molecule has 98 valence electrons. The monoisotopic (exact) mass is 268 g/mol. The number of rotatable bonds is 4. The van der Waals surface area contributed by atoms with E-state index in [9.17, 15) is 13.2 Å². The lowest BCUT2D eigenvalue weighted by Crippen LogP contribution is -2.14. The number of anilines is 1. The molecule has 1 aromatic rings. The van der Waals surface area contributed by atoms with Gasteiger partial charge in [0, 0.05) is 11.8 Å². The summed E-state index contributed by atoms with van der Waals surface area (Å²) in [5.74, 6) is -0.427. The van der Waals surface area contributed by atoms with Crippen LogP contribution in [0.5, 0.6) is 0 Å². The second-order valence-corrected chi connectivity index (χ2v) is 5.83. The summed E-state index contributed by atoms with van der Waals surface area (Å²) in [7, 11) is -3.53. The highest BCUT2D eigenvalue weighted by Crippen LogP contribution is 2.11. The Morgan fingerprint density at radius 2 is 1.83 bits per heavy atom. The lowest BCUT2D eigenvalue weighted by molar-refractivity contribution is -0.111. The first-order chi connectivity index (χ1) is 8.26. The lowest BCUT2D eigenvalue weighted by atomic mass is 10.2. The third-order valence-corrected chi connectivity index (χ3v) is 2.74. The molecule has 1 amide bonds. The van der Waals surface area contributed by atoms with Gasteiger partial charge in [0.25, 0.3) is 0 Å². The summed E-state index contributed by atoms with van der Waals surface area (Å²) in [4.78, 5) is 11.4. The molecule has 0 radical (unpaired) electrons. The van der Waals surface area contributed by atoms with E-state index < -0.39 is 10.0 Å². The Kier molecular flexibility index (Phi) is 4.63. The molecule has 0 aliphatic rings. The fourth-order valence-electron chi connectivity index (χ4n) is 1.36. The number of sulfonamides is 1. The number of carbonyl (C=O) groups is 1. The molecule has 0 unspecified atom stereocenters. The highest BCUT2D eigenvalue weighted by Gasteiger charge is 2.05. The molecule has 0 fully saturated rings. The van der Waals surface area contributed by atoms with Gasteiger partial charge < -0.3 is 5.32 Å². The molecule has 0 heterocycles. The fourth-order valence-corrected chi connectivity index (χ4v) is 2.01. The summed E-state index contributed by atoms with van der Waals surface area (Å²) < 4.78 is 21.8. The molecule has 3 N–H and O–H groups in total. The van der Waals surface area contributed by atoms with Crippen LogP contribution in [0.3, 0.4) is 0 Å². The Morgan fingerprint density at radius 1 is 1.28 bits per heavy atom. The SMILES string of the molecule is CC(C)=CC(=O)Nc1ccc(CS(N)(=O)=O)cc1. The minimum Gasteiger partial charge on any atom is -0.323 e. The van der Waals surface area contributed by atoms with Gasteiger partial charge in [-0.3, -0.25) is 4.79 Å². The number of carbonyl (C=O) groups excluding carboxylic acids is 1. The van der Waals surface area contributed by atoms with Gasteiger partial charge in [-0.2, -0.15) is 0 Å². The first kappa shape index (κ1) is 14.4. The van der Waals surface area contributed by atoms with Crippen LogP contribution < -0.4 is 10.5 Å². The van der Waals surface area contributed by atoms with E-state index in [1.165, 1.54) is 6.08 Å². The molecule has 0 saturated carbocycles. The predicted octanol–water partition coefficient (Wildman–Crippen LogP) is 1.38. The molecule has 18 heavy (non-hydrogen) atoms. The standard InChI is InChI=1S/C12H16N2O3S/c1-9(2)7-12(15)14-11-5-3-10(4-6-11)8-18(13,16)17/h3-7H,8H2,1-2H3,(H,14,15)(H2,13,16,17). The van der Waals surface area contributed by atoms with Crippen LogP contribution in [0.15, 0.2) is 35.9 Å². The molecule has 0 aliphatic heterocycles. The maximum Gasteiger partial charge on any atom is 0.248 e. The second kappa shape index (κ2) is 5.79. The normalized spacial score (nSPS) is 10.8. The number of amides is 1. The van der Waals surface area contributed by atoms with Crippen molar-refractivity contribution in [2.45, 2.75) is 19.6 Å². The summed E-state index contributed by atoms with van der Waals surface area (Å²) in [5, 5.41) is 7.60.